The van der Waals surface area contributed by atoms with Crippen LogP contribution in [0.2, 0.25) is 0 Å². The van der Waals surface area contributed by atoms with Crippen molar-refractivity contribution in [2.24, 2.45) is 4.99 Å². The number of halogens is 2. The van der Waals surface area contributed by atoms with E-state index in [1.165, 1.54) is 11.3 Å². The topological polar surface area (TPSA) is 79.1 Å². The third kappa shape index (κ3) is 7.07. The van der Waals surface area contributed by atoms with E-state index in [-0.39, 0.29) is 18.3 Å². The van der Waals surface area contributed by atoms with Gasteiger partial charge < -0.3 is 14.2 Å². The van der Waals surface area contributed by atoms with Crippen LogP contribution in [0.4, 0.5) is 0 Å². The first-order valence-electron chi connectivity index (χ1n) is 13.8. The van der Waals surface area contributed by atoms with Crippen molar-refractivity contribution in [3.8, 4) is 11.5 Å². The molecule has 3 aromatic carbocycles. The van der Waals surface area contributed by atoms with Crippen molar-refractivity contribution in [1.29, 1.82) is 0 Å². The highest BCUT2D eigenvalue weighted by Crippen LogP contribution is 2.32. The average Bonchev–Trinajstić information content (AvgIpc) is 3.26. The third-order valence-corrected chi connectivity index (χ3v) is 9.21. The van der Waals surface area contributed by atoms with Crippen molar-refractivity contribution in [1.82, 2.24) is 4.57 Å². The largest absolute Gasteiger partial charge is 0.491 e. The van der Waals surface area contributed by atoms with E-state index in [0.717, 1.165) is 29.6 Å². The summed E-state index contributed by atoms with van der Waals surface area (Å²) in [6.45, 7) is 8.16. The standard InChI is InChI=1S/C33H30I2N2O5S/c1-5-40-32(39)28-20(4)36-33-37(29(28)23-11-13-24(14-12-23)42-19(2)3)31(38)27(43-33)17-22-15-25(34)30(26(35)16-22)41-18-21-9-7-6-8-10-21/h6-17,19,29H,5,18H2,1-4H3/b27-17-/t29-/m0/s1. The second kappa shape index (κ2) is 13.8. The summed E-state index contributed by atoms with van der Waals surface area (Å²) in [5.74, 6) is 1.04. The van der Waals surface area contributed by atoms with Gasteiger partial charge in [0.1, 0.15) is 18.1 Å². The minimum Gasteiger partial charge on any atom is -0.491 e. The molecule has 0 unspecified atom stereocenters. The first-order valence-corrected chi connectivity index (χ1v) is 16.8. The summed E-state index contributed by atoms with van der Waals surface area (Å²) in [6.07, 6.45) is 1.89. The fraction of sp³-hybridized carbons (Fsp3) is 0.242. The zero-order valence-electron chi connectivity index (χ0n) is 24.1. The molecule has 0 amide bonds. The number of thiazole rings is 1. The van der Waals surface area contributed by atoms with E-state index in [0.29, 0.717) is 33.0 Å². The van der Waals surface area contributed by atoms with E-state index >= 15 is 0 Å². The number of esters is 1. The van der Waals surface area contributed by atoms with Crippen LogP contribution in [0, 0.1) is 7.14 Å². The lowest BCUT2D eigenvalue weighted by atomic mass is 9.96. The smallest absolute Gasteiger partial charge is 0.338 e. The molecule has 0 saturated heterocycles. The minimum atomic E-state index is -0.681. The lowest BCUT2D eigenvalue weighted by molar-refractivity contribution is -0.139. The number of carbonyl (C=O) groups excluding carboxylic acids is 1. The molecule has 0 aliphatic carbocycles. The molecule has 0 saturated carbocycles. The number of hydrogen-bond donors (Lipinski definition) is 0. The highest BCUT2D eigenvalue weighted by Gasteiger charge is 2.33. The SMILES string of the molecule is CCOC(=O)C1=C(C)N=c2s/c(=C\c3cc(I)c(OCc4ccccc4)c(I)c3)c(=O)n2[C@H]1c1ccc(OC(C)C)cc1. The Balaban J connectivity index is 1.55. The first kappa shape index (κ1) is 31.5. The van der Waals surface area contributed by atoms with Crippen molar-refractivity contribution in [3.63, 3.8) is 0 Å². The molecule has 7 nitrogen and oxygen atoms in total. The number of aromatic nitrogens is 1. The van der Waals surface area contributed by atoms with Crippen LogP contribution >= 0.6 is 56.5 Å². The first-order chi connectivity index (χ1) is 20.7. The van der Waals surface area contributed by atoms with Crippen LogP contribution in [0.15, 0.2) is 87.8 Å². The predicted molar refractivity (Wildman–Crippen MR) is 185 cm³/mol. The number of fused-ring (bicyclic) bond motifs is 1. The number of carbonyl (C=O) groups is 1. The molecule has 5 rings (SSSR count). The van der Waals surface area contributed by atoms with Crippen LogP contribution in [0.1, 0.15) is 50.4 Å². The van der Waals surface area contributed by atoms with Crippen molar-refractivity contribution in [2.45, 2.75) is 46.4 Å². The number of hydrogen-bond acceptors (Lipinski definition) is 7. The van der Waals surface area contributed by atoms with Gasteiger partial charge in [-0.2, -0.15) is 0 Å². The molecule has 1 aromatic heterocycles. The zero-order chi connectivity index (χ0) is 30.7. The van der Waals surface area contributed by atoms with Gasteiger partial charge in [0.25, 0.3) is 5.56 Å². The normalized spacial score (nSPS) is 14.9. The second-order valence-electron chi connectivity index (χ2n) is 10.1. The Morgan fingerprint density at radius 2 is 1.74 bits per heavy atom. The van der Waals surface area contributed by atoms with Crippen molar-refractivity contribution < 1.29 is 19.0 Å². The molecule has 0 spiro atoms. The van der Waals surface area contributed by atoms with Crippen LogP contribution in [-0.2, 0) is 16.1 Å². The fourth-order valence-electron chi connectivity index (χ4n) is 4.79. The van der Waals surface area contributed by atoms with Crippen LogP contribution < -0.4 is 24.4 Å². The molecule has 0 N–H and O–H groups in total. The van der Waals surface area contributed by atoms with E-state index in [1.54, 1.807) is 18.4 Å². The molecule has 1 aliphatic rings. The highest BCUT2D eigenvalue weighted by molar-refractivity contribution is 14.1. The van der Waals surface area contributed by atoms with Gasteiger partial charge in [0.2, 0.25) is 0 Å². The van der Waals surface area contributed by atoms with Crippen LogP contribution in [0.3, 0.4) is 0 Å². The van der Waals surface area contributed by atoms with Crippen LogP contribution in [-0.4, -0.2) is 23.2 Å². The Kier molecular flexibility index (Phi) is 10.1. The van der Waals surface area contributed by atoms with E-state index in [1.807, 2.05) is 86.7 Å². The van der Waals surface area contributed by atoms with E-state index in [2.05, 4.69) is 50.2 Å². The number of benzene rings is 3. The number of allylic oxidation sites excluding steroid dienone is 1. The maximum absolute atomic E-state index is 14.0. The van der Waals surface area contributed by atoms with Gasteiger partial charge in [-0.15, -0.1) is 0 Å². The quantitative estimate of drug-likeness (QED) is 0.145. The Bertz CT molecular complexity index is 1840. The van der Waals surface area contributed by atoms with E-state index in [9.17, 15) is 9.59 Å². The number of nitrogens with zero attached hydrogens (tertiary/aromatic N) is 2. The molecule has 0 fully saturated rings. The molecule has 0 radical (unpaired) electrons. The van der Waals surface area contributed by atoms with Gasteiger partial charge in [-0.1, -0.05) is 53.8 Å². The summed E-state index contributed by atoms with van der Waals surface area (Å²) < 4.78 is 21.4. The number of ether oxygens (including phenoxy) is 3. The van der Waals surface area contributed by atoms with Gasteiger partial charge in [0.15, 0.2) is 4.80 Å². The zero-order valence-corrected chi connectivity index (χ0v) is 29.2. The predicted octanol–water partition coefficient (Wildman–Crippen LogP) is 6.37. The van der Waals surface area contributed by atoms with E-state index < -0.39 is 12.0 Å². The molecule has 43 heavy (non-hydrogen) atoms. The lowest BCUT2D eigenvalue weighted by Crippen LogP contribution is -2.39. The van der Waals surface area contributed by atoms with Crippen LogP contribution in [0.5, 0.6) is 11.5 Å². The van der Waals surface area contributed by atoms with Gasteiger partial charge >= 0.3 is 5.97 Å². The molecule has 1 atom stereocenters. The van der Waals surface area contributed by atoms with Gasteiger partial charge in [-0.3, -0.25) is 9.36 Å². The maximum atomic E-state index is 14.0. The molecule has 2 heterocycles. The maximum Gasteiger partial charge on any atom is 0.338 e. The summed E-state index contributed by atoms with van der Waals surface area (Å²) in [6, 6.07) is 20.8. The third-order valence-electron chi connectivity index (χ3n) is 6.63. The lowest BCUT2D eigenvalue weighted by Gasteiger charge is -2.25. The Morgan fingerprint density at radius 1 is 1.07 bits per heavy atom. The summed E-state index contributed by atoms with van der Waals surface area (Å²) in [5, 5.41) is 0. The molecule has 10 heteroatoms. The van der Waals surface area contributed by atoms with Gasteiger partial charge in [-0.25, -0.2) is 9.79 Å². The molecule has 1 aliphatic heterocycles. The molecule has 4 aromatic rings. The Hall–Kier alpha value is -2.97. The van der Waals surface area contributed by atoms with Crippen molar-refractivity contribution in [3.05, 3.63) is 122 Å². The monoisotopic (exact) mass is 820 g/mol. The Morgan fingerprint density at radius 3 is 2.37 bits per heavy atom. The van der Waals surface area contributed by atoms with Gasteiger partial charge in [0.05, 0.1) is 41.7 Å². The molecule has 222 valence electrons. The van der Waals surface area contributed by atoms with Gasteiger partial charge in [-0.05, 0) is 120 Å². The summed E-state index contributed by atoms with van der Waals surface area (Å²) in [7, 11) is 0. The molecular weight excluding hydrogens is 790 g/mol. The number of rotatable bonds is 9. The van der Waals surface area contributed by atoms with E-state index in [4.69, 9.17) is 14.2 Å². The minimum absolute atomic E-state index is 0.0244. The second-order valence-corrected chi connectivity index (χ2v) is 13.5. The van der Waals surface area contributed by atoms with Crippen molar-refractivity contribution in [2.75, 3.05) is 6.61 Å². The molecule has 0 bridgehead atoms. The van der Waals surface area contributed by atoms with Crippen LogP contribution in [0.25, 0.3) is 6.08 Å². The summed E-state index contributed by atoms with van der Waals surface area (Å²) in [4.78, 5) is 32.4. The summed E-state index contributed by atoms with van der Waals surface area (Å²) in [5.41, 5.74) is 3.39. The van der Waals surface area contributed by atoms with Gasteiger partial charge in [0, 0.05) is 0 Å². The Labute approximate surface area is 281 Å². The average molecular weight is 820 g/mol. The molecular formula is C33H30I2N2O5S. The van der Waals surface area contributed by atoms with Crippen molar-refractivity contribution >= 4 is 68.6 Å². The summed E-state index contributed by atoms with van der Waals surface area (Å²) >= 11 is 5.84. The highest BCUT2D eigenvalue weighted by atomic mass is 127. The fourth-order valence-corrected chi connectivity index (χ4v) is 7.96.